The lowest BCUT2D eigenvalue weighted by molar-refractivity contribution is 0.290. The topological polar surface area (TPSA) is 24.5 Å². The van der Waals surface area contributed by atoms with Crippen LogP contribution in [0, 0.1) is 0 Å². The molecule has 0 radical (unpaired) electrons. The quantitative estimate of drug-likeness (QED) is 0.777. The highest BCUT2D eigenvalue weighted by atomic mass is 16.5. The summed E-state index contributed by atoms with van der Waals surface area (Å²) in [5.74, 6) is 0.761. The number of ether oxygens (including phenoxy) is 1. The maximum absolute atomic E-state index is 7.89. The standard InChI is InChI=1S/C13H18N2O/c1-2-4-13-12(3-1)15(9-10-16-13)11-5-7-14-8-6-11/h1-4,11,14H,5-10H2/i4D. The summed E-state index contributed by atoms with van der Waals surface area (Å²) in [6, 6.07) is 6.92. The zero-order valence-corrected chi connectivity index (χ0v) is 9.41. The second-order valence-electron chi connectivity index (χ2n) is 4.41. The van der Waals surface area contributed by atoms with Crippen molar-refractivity contribution in [3.63, 3.8) is 0 Å². The lowest BCUT2D eigenvalue weighted by Gasteiger charge is -2.39. The largest absolute Gasteiger partial charge is 0.490 e. The fourth-order valence-electron chi connectivity index (χ4n) is 2.62. The highest BCUT2D eigenvalue weighted by Crippen LogP contribution is 2.33. The smallest absolute Gasteiger partial charge is 0.142 e. The first kappa shape index (κ1) is 8.88. The van der Waals surface area contributed by atoms with Crippen LogP contribution in [0.4, 0.5) is 5.69 Å². The predicted molar refractivity (Wildman–Crippen MR) is 65.2 cm³/mol. The molecule has 1 aromatic carbocycles. The first-order chi connectivity index (χ1) is 8.36. The van der Waals surface area contributed by atoms with E-state index in [4.69, 9.17) is 6.11 Å². The van der Waals surface area contributed by atoms with E-state index >= 15 is 0 Å². The van der Waals surface area contributed by atoms with Gasteiger partial charge < -0.3 is 15.0 Å². The summed E-state index contributed by atoms with van der Waals surface area (Å²) in [6.45, 7) is 3.84. The molecule has 3 heteroatoms. The number of fused-ring (bicyclic) bond motifs is 1. The van der Waals surface area contributed by atoms with Gasteiger partial charge >= 0.3 is 0 Å². The van der Waals surface area contributed by atoms with E-state index in [9.17, 15) is 0 Å². The molecule has 0 amide bonds. The predicted octanol–water partition coefficient (Wildman–Crippen LogP) is 1.64. The van der Waals surface area contributed by atoms with E-state index in [0.29, 0.717) is 18.7 Å². The number of piperidine rings is 1. The molecule has 3 nitrogen and oxygen atoms in total. The van der Waals surface area contributed by atoms with E-state index in [1.54, 1.807) is 6.07 Å². The van der Waals surface area contributed by atoms with Gasteiger partial charge in [-0.25, -0.2) is 0 Å². The molecule has 0 atom stereocenters. The zero-order chi connectivity index (χ0) is 11.7. The molecule has 1 N–H and O–H groups in total. The maximum atomic E-state index is 7.89. The van der Waals surface area contributed by atoms with Gasteiger partial charge in [0, 0.05) is 6.04 Å². The second-order valence-corrected chi connectivity index (χ2v) is 4.41. The van der Waals surface area contributed by atoms with Crippen LogP contribution >= 0.6 is 0 Å². The molecule has 0 spiro atoms. The molecule has 0 aromatic heterocycles. The average molecular weight is 219 g/mol. The fraction of sp³-hybridized carbons (Fsp3) is 0.538. The van der Waals surface area contributed by atoms with Gasteiger partial charge in [0.05, 0.1) is 13.6 Å². The molecular formula is C13H18N2O. The molecule has 86 valence electrons. The van der Waals surface area contributed by atoms with Crippen LogP contribution in [0.5, 0.6) is 5.75 Å². The van der Waals surface area contributed by atoms with E-state index in [1.165, 1.54) is 12.8 Å². The average Bonchev–Trinajstić information content (AvgIpc) is 2.40. The van der Waals surface area contributed by atoms with Crippen molar-refractivity contribution in [2.75, 3.05) is 31.1 Å². The molecule has 0 bridgehead atoms. The number of anilines is 1. The SMILES string of the molecule is [2H]c1cccc2c1OCCN2C1CCNCC1. The lowest BCUT2D eigenvalue weighted by atomic mass is 10.0. The Morgan fingerprint density at radius 3 is 3.12 bits per heavy atom. The Balaban J connectivity index is 1.90. The third kappa shape index (κ3) is 1.76. The summed E-state index contributed by atoms with van der Waals surface area (Å²) < 4.78 is 13.5. The molecule has 1 aromatic rings. The lowest BCUT2D eigenvalue weighted by Crippen LogP contribution is -2.46. The Morgan fingerprint density at radius 2 is 2.25 bits per heavy atom. The number of nitrogens with one attached hydrogen (secondary N) is 1. The first-order valence-corrected chi connectivity index (χ1v) is 6.06. The number of rotatable bonds is 1. The highest BCUT2D eigenvalue weighted by molar-refractivity contribution is 5.60. The molecule has 1 fully saturated rings. The van der Waals surface area contributed by atoms with Crippen molar-refractivity contribution in [1.29, 1.82) is 0 Å². The van der Waals surface area contributed by atoms with Gasteiger partial charge in [0.15, 0.2) is 0 Å². The molecule has 0 aliphatic carbocycles. The molecule has 2 aliphatic heterocycles. The van der Waals surface area contributed by atoms with Crippen molar-refractivity contribution in [1.82, 2.24) is 5.32 Å². The van der Waals surface area contributed by atoms with Gasteiger partial charge in [-0.2, -0.15) is 0 Å². The zero-order valence-electron chi connectivity index (χ0n) is 10.4. The second kappa shape index (κ2) is 4.34. The fourth-order valence-corrected chi connectivity index (χ4v) is 2.62. The number of benzene rings is 1. The van der Waals surface area contributed by atoms with E-state index in [-0.39, 0.29) is 0 Å². The summed E-state index contributed by atoms with van der Waals surface area (Å²) in [5.41, 5.74) is 1.11. The summed E-state index contributed by atoms with van der Waals surface area (Å²) in [4.78, 5) is 2.43. The molecule has 3 rings (SSSR count). The van der Waals surface area contributed by atoms with Crippen molar-refractivity contribution in [2.24, 2.45) is 0 Å². The molecule has 2 heterocycles. The van der Waals surface area contributed by atoms with Crippen LogP contribution in [0.15, 0.2) is 24.2 Å². The third-order valence-corrected chi connectivity index (χ3v) is 3.43. The van der Waals surface area contributed by atoms with E-state index in [0.717, 1.165) is 31.1 Å². The van der Waals surface area contributed by atoms with Crippen LogP contribution in [0.1, 0.15) is 14.2 Å². The molecule has 0 unspecified atom stereocenters. The maximum Gasteiger partial charge on any atom is 0.142 e. The summed E-state index contributed by atoms with van der Waals surface area (Å²) in [7, 11) is 0. The molecular weight excluding hydrogens is 200 g/mol. The Hall–Kier alpha value is -1.22. The van der Waals surface area contributed by atoms with Crippen LogP contribution in [0.3, 0.4) is 0 Å². The van der Waals surface area contributed by atoms with Crippen molar-refractivity contribution in [3.05, 3.63) is 24.2 Å². The minimum absolute atomic E-state index is 0.501. The van der Waals surface area contributed by atoms with E-state index in [2.05, 4.69) is 16.3 Å². The number of nitrogens with zero attached hydrogens (tertiary/aromatic N) is 1. The minimum atomic E-state index is 0.501. The summed E-state index contributed by atoms with van der Waals surface area (Å²) in [5, 5.41) is 3.39. The Bertz CT molecular complexity index is 404. The van der Waals surface area contributed by atoms with Gasteiger partial charge in [0.2, 0.25) is 0 Å². The summed E-state index contributed by atoms with van der Waals surface area (Å²) >= 11 is 0. The van der Waals surface area contributed by atoms with Gasteiger partial charge in [-0.05, 0) is 38.0 Å². The Morgan fingerprint density at radius 1 is 1.38 bits per heavy atom. The van der Waals surface area contributed by atoms with Gasteiger partial charge in [0.1, 0.15) is 12.4 Å². The van der Waals surface area contributed by atoms with E-state index in [1.807, 2.05) is 6.07 Å². The van der Waals surface area contributed by atoms with Gasteiger partial charge in [0.25, 0.3) is 0 Å². The number of hydrogen-bond donors (Lipinski definition) is 1. The van der Waals surface area contributed by atoms with Crippen LogP contribution in [-0.4, -0.2) is 32.3 Å². The van der Waals surface area contributed by atoms with E-state index < -0.39 is 0 Å². The Labute approximate surface area is 97.8 Å². The monoisotopic (exact) mass is 219 g/mol. The highest BCUT2D eigenvalue weighted by Gasteiger charge is 2.25. The normalized spacial score (nSPS) is 22.2. The van der Waals surface area contributed by atoms with Gasteiger partial charge in [-0.3, -0.25) is 0 Å². The molecule has 16 heavy (non-hydrogen) atoms. The van der Waals surface area contributed by atoms with Crippen molar-refractivity contribution >= 4 is 5.69 Å². The summed E-state index contributed by atoms with van der Waals surface area (Å²) in [6.07, 6.45) is 2.36. The van der Waals surface area contributed by atoms with Crippen LogP contribution < -0.4 is 15.0 Å². The molecule has 2 aliphatic rings. The molecule has 1 saturated heterocycles. The van der Waals surface area contributed by atoms with Crippen molar-refractivity contribution in [3.8, 4) is 5.75 Å². The Kier molecular flexibility index (Phi) is 2.41. The van der Waals surface area contributed by atoms with Crippen LogP contribution in [0.2, 0.25) is 0 Å². The van der Waals surface area contributed by atoms with Gasteiger partial charge in [-0.1, -0.05) is 12.1 Å². The number of para-hydroxylation sites is 2. The first-order valence-electron chi connectivity index (χ1n) is 6.56. The van der Waals surface area contributed by atoms with Gasteiger partial charge in [-0.15, -0.1) is 0 Å². The molecule has 0 saturated carbocycles. The van der Waals surface area contributed by atoms with Crippen molar-refractivity contribution in [2.45, 2.75) is 18.9 Å². The van der Waals surface area contributed by atoms with Crippen molar-refractivity contribution < 1.29 is 6.11 Å². The minimum Gasteiger partial charge on any atom is -0.490 e. The number of hydrogen-bond acceptors (Lipinski definition) is 3. The third-order valence-electron chi connectivity index (χ3n) is 3.43. The van der Waals surface area contributed by atoms with Crippen LogP contribution in [0.25, 0.3) is 0 Å². The van der Waals surface area contributed by atoms with Crippen LogP contribution in [-0.2, 0) is 0 Å².